The summed E-state index contributed by atoms with van der Waals surface area (Å²) < 4.78 is 16.2. The number of alkyl halides is 1. The third-order valence-electron chi connectivity index (χ3n) is 3.15. The molecular formula is C15H10BrCl2FN2. The number of benzene rings is 2. The van der Waals surface area contributed by atoms with E-state index in [4.69, 9.17) is 23.2 Å². The average molecular weight is 388 g/mol. The second kappa shape index (κ2) is 5.59. The van der Waals surface area contributed by atoms with Gasteiger partial charge in [-0.05, 0) is 53.2 Å². The molecule has 0 aliphatic heterocycles. The number of aromatic nitrogens is 2. The maximum absolute atomic E-state index is 13.6. The summed E-state index contributed by atoms with van der Waals surface area (Å²) >= 11 is 15.7. The zero-order valence-electron chi connectivity index (χ0n) is 10.9. The smallest absolute Gasteiger partial charge is 0.132 e. The number of hydrogen-bond acceptors (Lipinski definition) is 1. The van der Waals surface area contributed by atoms with E-state index in [0.717, 1.165) is 10.2 Å². The van der Waals surface area contributed by atoms with Gasteiger partial charge in [-0.1, -0.05) is 11.6 Å². The molecule has 0 saturated carbocycles. The van der Waals surface area contributed by atoms with Crippen LogP contribution < -0.4 is 0 Å². The maximum Gasteiger partial charge on any atom is 0.132 e. The summed E-state index contributed by atoms with van der Waals surface area (Å²) in [6, 6.07) is 9.89. The van der Waals surface area contributed by atoms with Gasteiger partial charge in [0.1, 0.15) is 11.6 Å². The van der Waals surface area contributed by atoms with E-state index in [1.165, 1.54) is 12.1 Å². The molecule has 2 nitrogen and oxygen atoms in total. The molecule has 1 unspecified atom stereocenters. The minimum atomic E-state index is -0.317. The van der Waals surface area contributed by atoms with Crippen molar-refractivity contribution in [2.45, 2.75) is 12.3 Å². The van der Waals surface area contributed by atoms with Gasteiger partial charge in [0.05, 0.1) is 22.1 Å². The Hall–Kier alpha value is -1.10. The van der Waals surface area contributed by atoms with Crippen molar-refractivity contribution in [2.75, 3.05) is 0 Å². The maximum atomic E-state index is 13.6. The molecule has 0 amide bonds. The first-order valence-corrected chi connectivity index (χ1v) is 7.85. The fraction of sp³-hybridized carbons (Fsp3) is 0.133. The lowest BCUT2D eigenvalue weighted by Gasteiger charge is -2.12. The number of hydrogen-bond donors (Lipinski definition) is 0. The van der Waals surface area contributed by atoms with Gasteiger partial charge in [0, 0.05) is 15.6 Å². The Balaban J connectivity index is 2.38. The Bertz CT molecular complexity index is 830. The van der Waals surface area contributed by atoms with Crippen molar-refractivity contribution in [1.29, 1.82) is 0 Å². The van der Waals surface area contributed by atoms with Gasteiger partial charge in [-0.3, -0.25) is 4.57 Å². The van der Waals surface area contributed by atoms with Crippen LogP contribution in [0.15, 0.2) is 40.9 Å². The van der Waals surface area contributed by atoms with Crippen molar-refractivity contribution in [3.63, 3.8) is 0 Å². The van der Waals surface area contributed by atoms with E-state index in [1.54, 1.807) is 18.2 Å². The fourth-order valence-corrected chi connectivity index (χ4v) is 3.26. The van der Waals surface area contributed by atoms with Crippen LogP contribution in [0.5, 0.6) is 0 Å². The summed E-state index contributed by atoms with van der Waals surface area (Å²) in [6.45, 7) is 1.83. The number of nitrogens with zero attached hydrogens (tertiary/aromatic N) is 2. The number of fused-ring (bicyclic) bond motifs is 1. The molecule has 0 aliphatic rings. The first-order valence-electron chi connectivity index (χ1n) is 6.25. The Morgan fingerprint density at radius 1 is 1.24 bits per heavy atom. The van der Waals surface area contributed by atoms with E-state index in [-0.39, 0.29) is 11.2 Å². The molecule has 3 rings (SSSR count). The van der Waals surface area contributed by atoms with Crippen LogP contribution in [0.3, 0.4) is 0 Å². The summed E-state index contributed by atoms with van der Waals surface area (Å²) in [7, 11) is 0. The van der Waals surface area contributed by atoms with E-state index in [1.807, 2.05) is 17.6 Å². The summed E-state index contributed by atoms with van der Waals surface area (Å²) in [5.41, 5.74) is 2.18. The summed E-state index contributed by atoms with van der Waals surface area (Å²) in [4.78, 5) is 4.50. The highest BCUT2D eigenvalue weighted by Gasteiger charge is 2.18. The van der Waals surface area contributed by atoms with Crippen LogP contribution in [-0.4, -0.2) is 9.55 Å². The van der Waals surface area contributed by atoms with Crippen LogP contribution in [0.2, 0.25) is 5.02 Å². The van der Waals surface area contributed by atoms with Gasteiger partial charge < -0.3 is 0 Å². The second-order valence-corrected chi connectivity index (χ2v) is 6.60. The molecule has 2 aromatic carbocycles. The molecule has 1 atom stereocenters. The molecule has 108 valence electrons. The standard InChI is InChI=1S/C15H10BrCl2FN2/c1-8(17)15-20-12-4-3-10(19)7-14(12)21(15)13-5-2-9(18)6-11(13)16/h2-8H,1H3. The Morgan fingerprint density at radius 3 is 2.67 bits per heavy atom. The highest BCUT2D eigenvalue weighted by molar-refractivity contribution is 9.10. The highest BCUT2D eigenvalue weighted by atomic mass is 79.9. The molecule has 0 N–H and O–H groups in total. The van der Waals surface area contributed by atoms with Crippen LogP contribution in [-0.2, 0) is 0 Å². The van der Waals surface area contributed by atoms with E-state index in [2.05, 4.69) is 20.9 Å². The minimum Gasteiger partial charge on any atom is -0.294 e. The SMILES string of the molecule is CC(Cl)c1nc2ccc(F)cc2n1-c1ccc(Cl)cc1Br. The van der Waals surface area contributed by atoms with E-state index in [9.17, 15) is 4.39 Å². The Kier molecular flexibility index (Phi) is 3.95. The van der Waals surface area contributed by atoms with Gasteiger partial charge in [-0.25, -0.2) is 9.37 Å². The second-order valence-electron chi connectivity index (χ2n) is 4.65. The zero-order chi connectivity index (χ0) is 15.1. The first kappa shape index (κ1) is 14.8. The summed E-state index contributed by atoms with van der Waals surface area (Å²) in [5, 5.41) is 0.296. The predicted molar refractivity (Wildman–Crippen MR) is 88.0 cm³/mol. The van der Waals surface area contributed by atoms with Crippen molar-refractivity contribution >= 4 is 50.2 Å². The number of rotatable bonds is 2. The van der Waals surface area contributed by atoms with Crippen molar-refractivity contribution in [3.8, 4) is 5.69 Å². The van der Waals surface area contributed by atoms with Crippen LogP contribution >= 0.6 is 39.1 Å². The van der Waals surface area contributed by atoms with Gasteiger partial charge in [0.25, 0.3) is 0 Å². The van der Waals surface area contributed by atoms with Crippen molar-refractivity contribution in [3.05, 3.63) is 57.5 Å². The topological polar surface area (TPSA) is 17.8 Å². The van der Waals surface area contributed by atoms with Crippen LogP contribution in [0, 0.1) is 5.82 Å². The first-order chi connectivity index (χ1) is 9.97. The van der Waals surface area contributed by atoms with E-state index < -0.39 is 0 Å². The quantitative estimate of drug-likeness (QED) is 0.502. The number of imidazole rings is 1. The lowest BCUT2D eigenvalue weighted by Crippen LogP contribution is -2.02. The van der Waals surface area contributed by atoms with Crippen molar-refractivity contribution in [2.24, 2.45) is 0 Å². The Labute approximate surface area is 139 Å². The average Bonchev–Trinajstić information content (AvgIpc) is 2.77. The zero-order valence-corrected chi connectivity index (χ0v) is 14.0. The molecule has 3 aromatic rings. The molecule has 0 radical (unpaired) electrons. The monoisotopic (exact) mass is 386 g/mol. The van der Waals surface area contributed by atoms with Gasteiger partial charge >= 0.3 is 0 Å². The molecule has 0 bridgehead atoms. The highest BCUT2D eigenvalue weighted by Crippen LogP contribution is 2.33. The Morgan fingerprint density at radius 2 is 2.00 bits per heavy atom. The molecule has 1 aromatic heterocycles. The lowest BCUT2D eigenvalue weighted by atomic mass is 10.2. The largest absolute Gasteiger partial charge is 0.294 e. The molecule has 6 heteroatoms. The molecular weight excluding hydrogens is 378 g/mol. The predicted octanol–water partition coefficient (Wildman–Crippen LogP) is 5.88. The molecule has 1 heterocycles. The van der Waals surface area contributed by atoms with Gasteiger partial charge in [0.2, 0.25) is 0 Å². The van der Waals surface area contributed by atoms with E-state index in [0.29, 0.717) is 21.9 Å². The molecule has 0 aliphatic carbocycles. The minimum absolute atomic E-state index is 0.317. The molecule has 0 saturated heterocycles. The number of halogens is 4. The third kappa shape index (κ3) is 2.68. The molecule has 21 heavy (non-hydrogen) atoms. The van der Waals surface area contributed by atoms with Crippen molar-refractivity contribution in [1.82, 2.24) is 9.55 Å². The summed E-state index contributed by atoms with van der Waals surface area (Å²) in [6.07, 6.45) is 0. The van der Waals surface area contributed by atoms with Crippen LogP contribution in [0.4, 0.5) is 4.39 Å². The van der Waals surface area contributed by atoms with Gasteiger partial charge in [-0.2, -0.15) is 0 Å². The fourth-order valence-electron chi connectivity index (χ4n) is 2.25. The molecule has 0 fully saturated rings. The van der Waals surface area contributed by atoms with Crippen LogP contribution in [0.25, 0.3) is 16.7 Å². The van der Waals surface area contributed by atoms with Crippen LogP contribution in [0.1, 0.15) is 18.1 Å². The van der Waals surface area contributed by atoms with Gasteiger partial charge in [-0.15, -0.1) is 11.6 Å². The van der Waals surface area contributed by atoms with E-state index >= 15 is 0 Å². The third-order valence-corrected chi connectivity index (χ3v) is 4.21. The normalized spacial score (nSPS) is 12.8. The van der Waals surface area contributed by atoms with Crippen molar-refractivity contribution < 1.29 is 4.39 Å². The lowest BCUT2D eigenvalue weighted by molar-refractivity contribution is 0.629. The van der Waals surface area contributed by atoms with Gasteiger partial charge in [0.15, 0.2) is 0 Å². The summed E-state index contributed by atoms with van der Waals surface area (Å²) in [5.74, 6) is 0.336. The molecule has 0 spiro atoms.